The molecule has 1 rings (SSSR count). The summed E-state index contributed by atoms with van der Waals surface area (Å²) in [4.78, 5) is 0. The molecule has 0 aliphatic heterocycles. The van der Waals surface area contributed by atoms with Crippen LogP contribution in [-0.2, 0) is 0 Å². The van der Waals surface area contributed by atoms with Crippen molar-refractivity contribution in [1.82, 2.24) is 0 Å². The fourth-order valence-electron chi connectivity index (χ4n) is 2.43. The predicted molar refractivity (Wildman–Crippen MR) is 68.2 cm³/mol. The first-order valence-corrected chi connectivity index (χ1v) is 7.70. The Morgan fingerprint density at radius 3 is 1.35 bits per heavy atom. The second-order valence-corrected chi connectivity index (χ2v) is 6.31. The molecule has 4 heteroatoms. The minimum absolute atomic E-state index is 0.200. The highest BCUT2D eigenvalue weighted by Crippen LogP contribution is 2.38. The summed E-state index contributed by atoms with van der Waals surface area (Å²) in [6.45, 7) is 0. The van der Waals surface area contributed by atoms with E-state index in [9.17, 15) is 13.2 Å². The van der Waals surface area contributed by atoms with Crippen molar-refractivity contribution in [2.45, 2.75) is 81.4 Å². The average molecular weight is 268 g/mol. The third-order valence-corrected chi connectivity index (χ3v) is 4.42. The van der Waals surface area contributed by atoms with E-state index in [1.807, 2.05) is 0 Å². The van der Waals surface area contributed by atoms with E-state index in [4.69, 9.17) is 0 Å². The fraction of sp³-hybridized carbons (Fsp3) is 1.00. The molecular weight excluding hydrogens is 245 g/mol. The normalized spacial score (nSPS) is 22.8. The van der Waals surface area contributed by atoms with Crippen LogP contribution >= 0.6 is 11.8 Å². The predicted octanol–water partition coefficient (Wildman–Crippen LogP) is 5.91. The lowest BCUT2D eigenvalue weighted by Gasteiger charge is -2.18. The van der Waals surface area contributed by atoms with Crippen LogP contribution in [0.3, 0.4) is 0 Å². The van der Waals surface area contributed by atoms with E-state index in [-0.39, 0.29) is 17.0 Å². The van der Waals surface area contributed by atoms with Crippen molar-refractivity contribution in [2.24, 2.45) is 0 Å². The van der Waals surface area contributed by atoms with Crippen LogP contribution < -0.4 is 0 Å². The zero-order valence-electron chi connectivity index (χ0n) is 10.4. The molecule has 1 aliphatic rings. The SMILES string of the molecule is FC(F)(F)SC1CCCCCCCCCCC1. The van der Waals surface area contributed by atoms with Crippen molar-refractivity contribution in [3.05, 3.63) is 0 Å². The third kappa shape index (κ3) is 8.81. The molecule has 1 saturated carbocycles. The summed E-state index contributed by atoms with van der Waals surface area (Å²) in [5.74, 6) is 0. The van der Waals surface area contributed by atoms with Gasteiger partial charge in [-0.15, -0.1) is 0 Å². The average Bonchev–Trinajstić information content (AvgIpc) is 2.20. The molecule has 0 N–H and O–H groups in total. The molecule has 0 aromatic carbocycles. The first-order chi connectivity index (χ1) is 8.08. The maximum Gasteiger partial charge on any atom is 0.442 e. The number of alkyl halides is 3. The maximum absolute atomic E-state index is 12.4. The summed E-state index contributed by atoms with van der Waals surface area (Å²) in [5.41, 5.74) is -4.05. The number of hydrogen-bond acceptors (Lipinski definition) is 1. The highest BCUT2D eigenvalue weighted by Gasteiger charge is 2.32. The third-order valence-electron chi connectivity index (χ3n) is 3.35. The molecule has 0 unspecified atom stereocenters. The molecule has 0 heterocycles. The molecule has 0 atom stereocenters. The second-order valence-electron chi connectivity index (χ2n) is 4.94. The molecule has 0 aromatic heterocycles. The lowest BCUT2D eigenvalue weighted by Crippen LogP contribution is -2.12. The van der Waals surface area contributed by atoms with E-state index in [0.717, 1.165) is 38.5 Å². The van der Waals surface area contributed by atoms with Gasteiger partial charge < -0.3 is 0 Å². The lowest BCUT2D eigenvalue weighted by molar-refractivity contribution is -0.0335. The van der Waals surface area contributed by atoms with Crippen LogP contribution in [0.2, 0.25) is 0 Å². The molecule has 0 nitrogen and oxygen atoms in total. The summed E-state index contributed by atoms with van der Waals surface area (Å²) in [6.07, 6.45) is 11.8. The summed E-state index contributed by atoms with van der Waals surface area (Å²) >= 11 is 0.228. The molecule has 0 amide bonds. The molecule has 0 aromatic rings. The maximum atomic E-state index is 12.4. The minimum Gasteiger partial charge on any atom is -0.160 e. The molecule has 1 fully saturated rings. The quantitative estimate of drug-likeness (QED) is 0.569. The monoisotopic (exact) mass is 268 g/mol. The number of halogens is 3. The second kappa shape index (κ2) is 8.28. The Kier molecular flexibility index (Phi) is 7.40. The Hall–Kier alpha value is 0.140. The van der Waals surface area contributed by atoms with Crippen molar-refractivity contribution in [3.63, 3.8) is 0 Å². The summed E-state index contributed by atoms with van der Waals surface area (Å²) in [7, 11) is 0. The highest BCUT2D eigenvalue weighted by atomic mass is 32.2. The molecule has 0 spiro atoms. The van der Waals surface area contributed by atoms with Gasteiger partial charge in [-0.25, -0.2) is 0 Å². The van der Waals surface area contributed by atoms with Gasteiger partial charge in [0, 0.05) is 5.25 Å². The largest absolute Gasteiger partial charge is 0.442 e. The van der Waals surface area contributed by atoms with Gasteiger partial charge in [-0.2, -0.15) is 13.2 Å². The summed E-state index contributed by atoms with van der Waals surface area (Å²) in [6, 6.07) is 0. The van der Waals surface area contributed by atoms with Crippen LogP contribution in [0.5, 0.6) is 0 Å². The van der Waals surface area contributed by atoms with Crippen LogP contribution in [0.25, 0.3) is 0 Å². The number of thioether (sulfide) groups is 1. The number of hydrogen-bond donors (Lipinski definition) is 0. The van der Waals surface area contributed by atoms with Crippen molar-refractivity contribution >= 4 is 11.8 Å². The first-order valence-electron chi connectivity index (χ1n) is 6.82. The standard InChI is InChI=1S/C13H23F3S/c14-13(15,16)17-12-10-8-6-4-2-1-3-5-7-9-11-12/h12H,1-11H2. The van der Waals surface area contributed by atoms with Crippen LogP contribution in [0.15, 0.2) is 0 Å². The lowest BCUT2D eigenvalue weighted by atomic mass is 10.0. The van der Waals surface area contributed by atoms with Gasteiger partial charge in [0.15, 0.2) is 0 Å². The Morgan fingerprint density at radius 2 is 1.00 bits per heavy atom. The van der Waals surface area contributed by atoms with Crippen LogP contribution in [0.1, 0.15) is 70.6 Å². The van der Waals surface area contributed by atoms with Crippen LogP contribution in [-0.4, -0.2) is 10.8 Å². The summed E-state index contributed by atoms with van der Waals surface area (Å²) in [5, 5.41) is -0.200. The molecule has 0 bridgehead atoms. The Balaban J connectivity index is 2.32. The van der Waals surface area contributed by atoms with Gasteiger partial charge in [-0.3, -0.25) is 0 Å². The molecule has 0 radical (unpaired) electrons. The van der Waals surface area contributed by atoms with Crippen molar-refractivity contribution in [1.29, 1.82) is 0 Å². The smallest absolute Gasteiger partial charge is 0.160 e. The zero-order valence-corrected chi connectivity index (χ0v) is 11.2. The van der Waals surface area contributed by atoms with E-state index in [1.165, 1.54) is 32.1 Å². The highest BCUT2D eigenvalue weighted by molar-refractivity contribution is 8.00. The minimum atomic E-state index is -4.05. The molecule has 17 heavy (non-hydrogen) atoms. The Labute approximate surface area is 107 Å². The van der Waals surface area contributed by atoms with Gasteiger partial charge in [0.2, 0.25) is 0 Å². The van der Waals surface area contributed by atoms with Gasteiger partial charge in [0.05, 0.1) is 0 Å². The van der Waals surface area contributed by atoms with Crippen molar-refractivity contribution < 1.29 is 13.2 Å². The van der Waals surface area contributed by atoms with Gasteiger partial charge in [-0.1, -0.05) is 57.8 Å². The topological polar surface area (TPSA) is 0 Å². The van der Waals surface area contributed by atoms with Crippen molar-refractivity contribution in [2.75, 3.05) is 0 Å². The van der Waals surface area contributed by atoms with E-state index < -0.39 is 5.51 Å². The molecule has 0 saturated heterocycles. The van der Waals surface area contributed by atoms with Gasteiger partial charge >= 0.3 is 5.51 Å². The molecule has 102 valence electrons. The summed E-state index contributed by atoms with van der Waals surface area (Å²) < 4.78 is 37.1. The van der Waals surface area contributed by atoms with Crippen molar-refractivity contribution in [3.8, 4) is 0 Å². The van der Waals surface area contributed by atoms with E-state index in [1.54, 1.807) is 0 Å². The van der Waals surface area contributed by atoms with E-state index in [0.29, 0.717) is 0 Å². The van der Waals surface area contributed by atoms with E-state index >= 15 is 0 Å². The van der Waals surface area contributed by atoms with Crippen LogP contribution in [0.4, 0.5) is 13.2 Å². The van der Waals surface area contributed by atoms with Crippen LogP contribution in [0, 0.1) is 0 Å². The fourth-order valence-corrected chi connectivity index (χ4v) is 3.38. The van der Waals surface area contributed by atoms with E-state index in [2.05, 4.69) is 0 Å². The zero-order chi connectivity index (χ0) is 12.6. The number of rotatable bonds is 1. The Bertz CT molecular complexity index is 180. The van der Waals surface area contributed by atoms with Gasteiger partial charge in [0.25, 0.3) is 0 Å². The van der Waals surface area contributed by atoms with Gasteiger partial charge in [-0.05, 0) is 24.6 Å². The van der Waals surface area contributed by atoms with Gasteiger partial charge in [0.1, 0.15) is 0 Å². The molecular formula is C13H23F3S. The Morgan fingerprint density at radius 1 is 0.647 bits per heavy atom. The molecule has 1 aliphatic carbocycles. The first kappa shape index (κ1) is 15.2.